The fraction of sp³-hybridized carbons (Fsp3) is 0.600. The maximum absolute atomic E-state index is 5.01. The quantitative estimate of drug-likeness (QED) is 0.468. The van der Waals surface area contributed by atoms with Crippen LogP contribution in [0.3, 0.4) is 0 Å². The molecule has 0 saturated heterocycles. The number of rotatable bonds is 0. The van der Waals surface area contributed by atoms with Crippen LogP contribution in [-0.2, 0) is 4.74 Å². The Balaban J connectivity index is 2.45. The Bertz CT molecular complexity index is 90.1. The maximum Gasteiger partial charge on any atom is 0.110 e. The van der Waals surface area contributed by atoms with E-state index < -0.39 is 0 Å². The summed E-state index contributed by atoms with van der Waals surface area (Å²) in [7, 11) is 0. The van der Waals surface area contributed by atoms with E-state index in [0.29, 0.717) is 5.25 Å². The first-order valence-electron chi connectivity index (χ1n) is 2.31. The largest absolute Gasteiger partial charge is 0.497 e. The molecule has 1 nitrogen and oxygen atoms in total. The fourth-order valence-corrected chi connectivity index (χ4v) is 0.627. The summed E-state index contributed by atoms with van der Waals surface area (Å²) >= 11 is 4.18. The lowest BCUT2D eigenvalue weighted by molar-refractivity contribution is 0.193. The number of hydrogen-bond donors (Lipinski definition) is 1. The van der Waals surface area contributed by atoms with Crippen molar-refractivity contribution in [3.63, 3.8) is 0 Å². The van der Waals surface area contributed by atoms with Gasteiger partial charge in [0.25, 0.3) is 0 Å². The number of thiol groups is 1. The van der Waals surface area contributed by atoms with E-state index in [2.05, 4.69) is 12.6 Å². The van der Waals surface area contributed by atoms with Crippen molar-refractivity contribution in [1.82, 2.24) is 0 Å². The Morgan fingerprint density at radius 3 is 2.57 bits per heavy atom. The predicted molar refractivity (Wildman–Crippen MR) is 32.5 cm³/mol. The highest BCUT2D eigenvalue weighted by atomic mass is 32.1. The molecule has 2 atom stereocenters. The second-order valence-electron chi connectivity index (χ2n) is 1.66. The standard InChI is InChI=1S/C5H8OS/c1-4-5(7)2-3-6-4/h2-5,7H,1H3. The van der Waals surface area contributed by atoms with Crippen molar-refractivity contribution in [2.75, 3.05) is 0 Å². The van der Waals surface area contributed by atoms with Crippen molar-refractivity contribution in [3.8, 4) is 0 Å². The molecule has 2 heteroatoms. The molecule has 40 valence electrons. The van der Waals surface area contributed by atoms with Crippen molar-refractivity contribution in [3.05, 3.63) is 12.3 Å². The van der Waals surface area contributed by atoms with Gasteiger partial charge in [0.15, 0.2) is 0 Å². The van der Waals surface area contributed by atoms with Crippen LogP contribution < -0.4 is 0 Å². The second-order valence-corrected chi connectivity index (χ2v) is 2.26. The molecule has 7 heavy (non-hydrogen) atoms. The van der Waals surface area contributed by atoms with Crippen LogP contribution in [0.4, 0.5) is 0 Å². The first kappa shape index (κ1) is 5.04. The number of hydrogen-bond acceptors (Lipinski definition) is 2. The Kier molecular flexibility index (Phi) is 1.28. The van der Waals surface area contributed by atoms with Crippen molar-refractivity contribution in [2.45, 2.75) is 18.3 Å². The average molecular weight is 116 g/mol. The zero-order valence-electron chi connectivity index (χ0n) is 4.16. The molecule has 1 rings (SSSR count). The van der Waals surface area contributed by atoms with Gasteiger partial charge in [0, 0.05) is 0 Å². The Labute approximate surface area is 48.8 Å². The molecule has 0 bridgehead atoms. The highest BCUT2D eigenvalue weighted by molar-refractivity contribution is 7.81. The third-order valence-electron chi connectivity index (χ3n) is 1.05. The van der Waals surface area contributed by atoms with E-state index in [4.69, 9.17) is 4.74 Å². The van der Waals surface area contributed by atoms with E-state index in [9.17, 15) is 0 Å². The summed E-state index contributed by atoms with van der Waals surface area (Å²) in [4.78, 5) is 0. The van der Waals surface area contributed by atoms with E-state index in [1.54, 1.807) is 6.26 Å². The molecule has 0 aliphatic carbocycles. The molecule has 0 aromatic carbocycles. The van der Waals surface area contributed by atoms with Gasteiger partial charge in [-0.3, -0.25) is 0 Å². The molecule has 1 aliphatic heterocycles. The highest BCUT2D eigenvalue weighted by Crippen LogP contribution is 2.13. The van der Waals surface area contributed by atoms with Crippen LogP contribution in [0.15, 0.2) is 12.3 Å². The minimum absolute atomic E-state index is 0.267. The normalized spacial score (nSPS) is 38.6. The third kappa shape index (κ3) is 0.911. The van der Waals surface area contributed by atoms with Crippen LogP contribution in [0.2, 0.25) is 0 Å². The molecule has 0 fully saturated rings. The second kappa shape index (κ2) is 1.78. The SMILES string of the molecule is CC1OC=CC1S. The van der Waals surface area contributed by atoms with Crippen LogP contribution >= 0.6 is 12.6 Å². The van der Waals surface area contributed by atoms with Crippen LogP contribution in [0, 0.1) is 0 Å². The zero-order chi connectivity index (χ0) is 5.28. The fourth-order valence-electron chi connectivity index (χ4n) is 0.487. The summed E-state index contributed by atoms with van der Waals surface area (Å²) in [6.45, 7) is 2.00. The van der Waals surface area contributed by atoms with Crippen LogP contribution in [0.5, 0.6) is 0 Å². The molecular weight excluding hydrogens is 108 g/mol. The monoisotopic (exact) mass is 116 g/mol. The summed E-state index contributed by atoms with van der Waals surface area (Å²) in [5.74, 6) is 0. The first-order chi connectivity index (χ1) is 3.30. The molecule has 0 aromatic rings. The van der Waals surface area contributed by atoms with Gasteiger partial charge in [0.05, 0.1) is 11.5 Å². The van der Waals surface area contributed by atoms with Crippen molar-refractivity contribution < 1.29 is 4.74 Å². The molecule has 0 amide bonds. The molecule has 0 radical (unpaired) electrons. The van der Waals surface area contributed by atoms with Crippen LogP contribution in [0.25, 0.3) is 0 Å². The van der Waals surface area contributed by atoms with Crippen LogP contribution in [0.1, 0.15) is 6.92 Å². The van der Waals surface area contributed by atoms with Gasteiger partial charge in [-0.25, -0.2) is 0 Å². The molecule has 2 unspecified atom stereocenters. The summed E-state index contributed by atoms with van der Waals surface area (Å²) in [5, 5.41) is 0.306. The molecule has 1 heterocycles. The van der Waals surface area contributed by atoms with E-state index in [1.165, 1.54) is 0 Å². The first-order valence-corrected chi connectivity index (χ1v) is 2.82. The van der Waals surface area contributed by atoms with Gasteiger partial charge >= 0.3 is 0 Å². The highest BCUT2D eigenvalue weighted by Gasteiger charge is 2.13. The molecular formula is C5H8OS. The summed E-state index contributed by atoms with van der Waals surface area (Å²) in [6.07, 6.45) is 3.90. The molecule has 0 N–H and O–H groups in total. The van der Waals surface area contributed by atoms with E-state index in [1.807, 2.05) is 13.0 Å². The van der Waals surface area contributed by atoms with Gasteiger partial charge in [0.2, 0.25) is 0 Å². The molecule has 0 spiro atoms. The Hall–Kier alpha value is -0.110. The minimum atomic E-state index is 0.267. The van der Waals surface area contributed by atoms with Crippen LogP contribution in [-0.4, -0.2) is 11.4 Å². The van der Waals surface area contributed by atoms with Gasteiger partial charge in [-0.15, -0.1) is 0 Å². The summed E-state index contributed by atoms with van der Waals surface area (Å²) in [6, 6.07) is 0. The summed E-state index contributed by atoms with van der Waals surface area (Å²) < 4.78 is 5.01. The molecule has 0 aromatic heterocycles. The predicted octanol–water partition coefficient (Wildman–Crippen LogP) is 1.22. The average Bonchev–Trinajstić information content (AvgIpc) is 1.91. The van der Waals surface area contributed by atoms with Gasteiger partial charge in [0.1, 0.15) is 6.10 Å². The van der Waals surface area contributed by atoms with Gasteiger partial charge in [-0.2, -0.15) is 12.6 Å². The van der Waals surface area contributed by atoms with Gasteiger partial charge in [-0.1, -0.05) is 0 Å². The molecule has 1 aliphatic rings. The Morgan fingerprint density at radius 1 is 1.71 bits per heavy atom. The lowest BCUT2D eigenvalue weighted by atomic mass is 10.3. The topological polar surface area (TPSA) is 9.23 Å². The van der Waals surface area contributed by atoms with E-state index in [0.717, 1.165) is 0 Å². The van der Waals surface area contributed by atoms with E-state index in [-0.39, 0.29) is 6.10 Å². The van der Waals surface area contributed by atoms with Crippen molar-refractivity contribution in [2.24, 2.45) is 0 Å². The molecule has 0 saturated carbocycles. The lowest BCUT2D eigenvalue weighted by Gasteiger charge is -2.05. The van der Waals surface area contributed by atoms with Crippen molar-refractivity contribution in [1.29, 1.82) is 0 Å². The zero-order valence-corrected chi connectivity index (χ0v) is 5.06. The van der Waals surface area contributed by atoms with Crippen molar-refractivity contribution >= 4 is 12.6 Å². The van der Waals surface area contributed by atoms with Gasteiger partial charge < -0.3 is 4.74 Å². The smallest absolute Gasteiger partial charge is 0.110 e. The summed E-state index contributed by atoms with van der Waals surface area (Å²) in [5.41, 5.74) is 0. The van der Waals surface area contributed by atoms with E-state index >= 15 is 0 Å². The van der Waals surface area contributed by atoms with Gasteiger partial charge in [-0.05, 0) is 13.0 Å². The number of ether oxygens (including phenoxy) is 1. The third-order valence-corrected chi connectivity index (χ3v) is 1.64. The minimum Gasteiger partial charge on any atom is -0.497 e. The Morgan fingerprint density at radius 2 is 2.43 bits per heavy atom. The lowest BCUT2D eigenvalue weighted by Crippen LogP contribution is -2.10. The maximum atomic E-state index is 5.01.